The van der Waals surface area contributed by atoms with Crippen LogP contribution < -0.4 is 0 Å². The number of rotatable bonds is 3. The summed E-state index contributed by atoms with van der Waals surface area (Å²) in [5.41, 5.74) is 0. The van der Waals surface area contributed by atoms with Crippen molar-refractivity contribution in [1.82, 2.24) is 0 Å². The fourth-order valence-electron chi connectivity index (χ4n) is 0.336. The molecule has 0 heterocycles. The lowest BCUT2D eigenvalue weighted by Gasteiger charge is -1.86. The minimum Gasteiger partial charge on any atom is -0.197 e. The average molecular weight is 293 g/mol. The maximum absolute atomic E-state index is 8.14. The summed E-state index contributed by atoms with van der Waals surface area (Å²) in [5.74, 6) is -0.507. The molecule has 0 aliphatic rings. The zero-order valence-corrected chi connectivity index (χ0v) is 11.0. The highest BCUT2D eigenvalue weighted by molar-refractivity contribution is 9.09. The number of nitrogens with zero attached hydrogens (tertiary/aromatic N) is 4. The molecule has 17 heavy (non-hydrogen) atoms. The highest BCUT2D eigenvalue weighted by Gasteiger charge is 1.98. The van der Waals surface area contributed by atoms with E-state index in [0.717, 1.165) is 5.33 Å². The van der Waals surface area contributed by atoms with Crippen LogP contribution in [-0.4, -0.2) is 5.33 Å². The van der Waals surface area contributed by atoms with Crippen molar-refractivity contribution in [3.8, 4) is 24.3 Å². The number of hydrogen-bond donors (Lipinski definition) is 0. The second-order valence-electron chi connectivity index (χ2n) is 2.27. The molecule has 0 aliphatic heterocycles. The Morgan fingerprint density at radius 3 is 1.47 bits per heavy atom. The Bertz CT molecular complexity index is 323. The summed E-state index contributed by atoms with van der Waals surface area (Å²) in [6.45, 7) is 6.83. The SMILES string of the molecule is C=CCBr.C=CCC(C#N)C#N.N#CCC#N. The summed E-state index contributed by atoms with van der Waals surface area (Å²) in [5, 5.41) is 32.4. The highest BCUT2D eigenvalue weighted by atomic mass is 79.9. The van der Waals surface area contributed by atoms with Crippen molar-refractivity contribution >= 4 is 15.9 Å². The molecule has 0 fully saturated rings. The molecule has 0 atom stereocenters. The Morgan fingerprint density at radius 1 is 1.00 bits per heavy atom. The van der Waals surface area contributed by atoms with Crippen molar-refractivity contribution in [3.63, 3.8) is 0 Å². The lowest BCUT2D eigenvalue weighted by molar-refractivity contribution is 0.865. The molecule has 0 saturated carbocycles. The summed E-state index contributed by atoms with van der Waals surface area (Å²) in [6, 6.07) is 6.95. The summed E-state index contributed by atoms with van der Waals surface area (Å²) in [4.78, 5) is 0. The van der Waals surface area contributed by atoms with Gasteiger partial charge in [0.15, 0.2) is 0 Å². The van der Waals surface area contributed by atoms with Crippen LogP contribution in [0.15, 0.2) is 25.3 Å². The lowest BCUT2D eigenvalue weighted by atomic mass is 10.1. The van der Waals surface area contributed by atoms with Gasteiger partial charge in [0.1, 0.15) is 12.3 Å². The van der Waals surface area contributed by atoms with Crippen molar-refractivity contribution in [2.24, 2.45) is 5.92 Å². The lowest BCUT2D eigenvalue weighted by Crippen LogP contribution is -1.87. The Labute approximate surface area is 111 Å². The molecule has 0 unspecified atom stereocenters. The second kappa shape index (κ2) is 23.6. The third-order valence-corrected chi connectivity index (χ3v) is 1.44. The summed E-state index contributed by atoms with van der Waals surface area (Å²) < 4.78 is 0. The van der Waals surface area contributed by atoms with Gasteiger partial charge in [0.25, 0.3) is 0 Å². The average Bonchev–Trinajstić information content (AvgIpc) is 2.38. The van der Waals surface area contributed by atoms with Gasteiger partial charge in [0, 0.05) is 5.33 Å². The van der Waals surface area contributed by atoms with Crippen LogP contribution in [-0.2, 0) is 0 Å². The van der Waals surface area contributed by atoms with E-state index in [4.69, 9.17) is 21.0 Å². The first-order valence-electron chi connectivity index (χ1n) is 4.49. The van der Waals surface area contributed by atoms with Crippen LogP contribution in [0.25, 0.3) is 0 Å². The first-order valence-corrected chi connectivity index (χ1v) is 5.61. The number of allylic oxidation sites excluding steroid dienone is 2. The Morgan fingerprint density at radius 2 is 1.41 bits per heavy atom. The molecule has 0 saturated heterocycles. The molecule has 0 amide bonds. The van der Waals surface area contributed by atoms with Crippen molar-refractivity contribution in [1.29, 1.82) is 21.0 Å². The van der Waals surface area contributed by atoms with Gasteiger partial charge >= 0.3 is 0 Å². The molecule has 0 spiro atoms. The van der Waals surface area contributed by atoms with Gasteiger partial charge in [0.05, 0.1) is 24.3 Å². The minimum absolute atomic E-state index is 0. The Hall–Kier alpha value is -2.08. The van der Waals surface area contributed by atoms with E-state index in [9.17, 15) is 0 Å². The molecule has 5 heteroatoms. The summed E-state index contributed by atoms with van der Waals surface area (Å²) in [6.07, 6.45) is 3.82. The summed E-state index contributed by atoms with van der Waals surface area (Å²) in [7, 11) is 0. The van der Waals surface area contributed by atoms with Crippen LogP contribution in [0.4, 0.5) is 0 Å². The van der Waals surface area contributed by atoms with Crippen molar-refractivity contribution < 1.29 is 0 Å². The Balaban J connectivity index is -0.000000188. The van der Waals surface area contributed by atoms with Gasteiger partial charge in [-0.1, -0.05) is 28.1 Å². The monoisotopic (exact) mass is 292 g/mol. The first kappa shape index (κ1) is 20.3. The maximum atomic E-state index is 8.14. The third kappa shape index (κ3) is 31.5. The van der Waals surface area contributed by atoms with Crippen LogP contribution in [0.1, 0.15) is 12.8 Å². The normalized spacial score (nSPS) is 6.24. The fraction of sp³-hybridized carbons (Fsp3) is 0.333. The van der Waals surface area contributed by atoms with Gasteiger partial charge in [-0.3, -0.25) is 0 Å². The standard InChI is InChI=1S/C6H6N2.C3H5Br.C3H2N2/c1-2-3-6(4-7)5-8;1-2-3-4;4-2-1-3-5/h2,6H,1,3H2;2H,1,3H2;1H2. The quantitative estimate of drug-likeness (QED) is 0.589. The van der Waals surface area contributed by atoms with E-state index in [1.54, 1.807) is 24.3 Å². The van der Waals surface area contributed by atoms with E-state index < -0.39 is 5.92 Å². The molecule has 4 nitrogen and oxygen atoms in total. The molecule has 0 aromatic rings. The van der Waals surface area contributed by atoms with E-state index in [2.05, 4.69) is 29.1 Å². The maximum Gasteiger partial charge on any atom is 0.136 e. The Kier molecular flexibility index (Phi) is 28.3. The molecular weight excluding hydrogens is 280 g/mol. The van der Waals surface area contributed by atoms with Crippen molar-refractivity contribution in [2.45, 2.75) is 12.8 Å². The number of alkyl halides is 1. The topological polar surface area (TPSA) is 95.2 Å². The van der Waals surface area contributed by atoms with Gasteiger partial charge in [-0.15, -0.1) is 13.2 Å². The predicted molar refractivity (Wildman–Crippen MR) is 69.4 cm³/mol. The minimum atomic E-state index is -0.507. The molecule has 0 aromatic carbocycles. The fourth-order valence-corrected chi connectivity index (χ4v) is 0.336. The molecule has 0 N–H and O–H groups in total. The highest BCUT2D eigenvalue weighted by Crippen LogP contribution is 1.97. The zero-order valence-electron chi connectivity index (χ0n) is 9.43. The van der Waals surface area contributed by atoms with Crippen LogP contribution >= 0.6 is 15.9 Å². The van der Waals surface area contributed by atoms with Gasteiger partial charge in [-0.05, 0) is 6.42 Å². The smallest absolute Gasteiger partial charge is 0.136 e. The van der Waals surface area contributed by atoms with Gasteiger partial charge in [-0.2, -0.15) is 21.0 Å². The summed E-state index contributed by atoms with van der Waals surface area (Å²) >= 11 is 3.13. The van der Waals surface area contributed by atoms with E-state index in [1.807, 2.05) is 12.1 Å². The largest absolute Gasteiger partial charge is 0.197 e. The molecule has 0 aromatic heterocycles. The van der Waals surface area contributed by atoms with E-state index in [-0.39, 0.29) is 6.42 Å². The molecule has 0 radical (unpaired) electrons. The van der Waals surface area contributed by atoms with E-state index in [0.29, 0.717) is 6.42 Å². The van der Waals surface area contributed by atoms with Gasteiger partial charge < -0.3 is 0 Å². The third-order valence-electron chi connectivity index (χ3n) is 0.981. The second-order valence-corrected chi connectivity index (χ2v) is 2.92. The van der Waals surface area contributed by atoms with Gasteiger partial charge in [0.2, 0.25) is 0 Å². The van der Waals surface area contributed by atoms with Gasteiger partial charge in [-0.25, -0.2) is 0 Å². The van der Waals surface area contributed by atoms with Crippen molar-refractivity contribution in [3.05, 3.63) is 25.3 Å². The molecular formula is C12H13BrN4. The van der Waals surface area contributed by atoms with Crippen LogP contribution in [0, 0.1) is 51.2 Å². The van der Waals surface area contributed by atoms with E-state index in [1.165, 1.54) is 0 Å². The zero-order chi connectivity index (χ0) is 13.9. The number of halogens is 1. The predicted octanol–water partition coefficient (Wildman–Crippen LogP) is 3.22. The number of nitriles is 4. The number of hydrogen-bond acceptors (Lipinski definition) is 4. The first-order chi connectivity index (χ1) is 8.17. The van der Waals surface area contributed by atoms with Crippen LogP contribution in [0.3, 0.4) is 0 Å². The van der Waals surface area contributed by atoms with E-state index >= 15 is 0 Å². The molecule has 0 bridgehead atoms. The molecule has 0 aliphatic carbocycles. The molecule has 0 rings (SSSR count). The van der Waals surface area contributed by atoms with Crippen LogP contribution in [0.5, 0.6) is 0 Å². The van der Waals surface area contributed by atoms with Crippen molar-refractivity contribution in [2.75, 3.05) is 5.33 Å². The molecule has 88 valence electrons. The van der Waals surface area contributed by atoms with Crippen LogP contribution in [0.2, 0.25) is 0 Å².